The van der Waals surface area contributed by atoms with E-state index in [-0.39, 0.29) is 17.8 Å². The number of likely N-dealkylation sites (tertiary alicyclic amines) is 1. The molecule has 1 saturated heterocycles. The monoisotopic (exact) mass is 369 g/mol. The molecule has 1 heterocycles. The van der Waals surface area contributed by atoms with Crippen LogP contribution in [0.3, 0.4) is 0 Å². The number of nitrogens with zero attached hydrogens (tertiary/aromatic N) is 1. The summed E-state index contributed by atoms with van der Waals surface area (Å²) in [6.07, 6.45) is 4.89. The van der Waals surface area contributed by atoms with Crippen LogP contribution in [-0.4, -0.2) is 29.3 Å². The Morgan fingerprint density at radius 3 is 2.63 bits per heavy atom. The van der Waals surface area contributed by atoms with Crippen LogP contribution in [0.5, 0.6) is 5.75 Å². The Bertz CT molecular complexity index is 778. The molecule has 2 fully saturated rings. The Hall–Kier alpha value is -1.91. The van der Waals surface area contributed by atoms with Gasteiger partial charge in [0, 0.05) is 30.6 Å². The van der Waals surface area contributed by atoms with Crippen LogP contribution in [0.2, 0.25) is 0 Å². The summed E-state index contributed by atoms with van der Waals surface area (Å²) in [5.41, 5.74) is 1.30. The van der Waals surface area contributed by atoms with Crippen LogP contribution in [0.1, 0.15) is 49.3 Å². The molecule has 2 aliphatic rings. The minimum atomic E-state index is -0.603. The molecule has 0 amide bonds. The van der Waals surface area contributed by atoms with Crippen molar-refractivity contribution < 1.29 is 14.2 Å². The molecular weight excluding hydrogens is 341 g/mol. The number of methoxy groups -OCH3 is 1. The van der Waals surface area contributed by atoms with Gasteiger partial charge in [0.2, 0.25) is 0 Å². The van der Waals surface area contributed by atoms with Crippen LogP contribution in [0, 0.1) is 11.7 Å². The number of benzene rings is 2. The minimum absolute atomic E-state index is 0.0922. The highest BCUT2D eigenvalue weighted by Gasteiger charge is 2.48. The summed E-state index contributed by atoms with van der Waals surface area (Å²) in [6, 6.07) is 15.3. The average Bonchev–Trinajstić information content (AvgIpc) is 2.70. The first-order valence-corrected chi connectivity index (χ1v) is 9.94. The van der Waals surface area contributed by atoms with Crippen molar-refractivity contribution in [3.05, 3.63) is 65.5 Å². The number of piperidine rings is 1. The summed E-state index contributed by atoms with van der Waals surface area (Å²) < 4.78 is 19.6. The number of hydrogen-bond donors (Lipinski definition) is 1. The van der Waals surface area contributed by atoms with Crippen LogP contribution >= 0.6 is 0 Å². The fraction of sp³-hybridized carbons (Fsp3) is 0.478. The molecule has 0 radical (unpaired) electrons. The summed E-state index contributed by atoms with van der Waals surface area (Å²) in [5, 5.41) is 11.3. The van der Waals surface area contributed by atoms with Crippen LogP contribution in [-0.2, 0) is 6.54 Å². The molecule has 1 N–H and O–H groups in total. The number of hydrogen-bond acceptors (Lipinski definition) is 3. The summed E-state index contributed by atoms with van der Waals surface area (Å²) in [6.45, 7) is 1.34. The first kappa shape index (κ1) is 18.5. The van der Waals surface area contributed by atoms with Crippen LogP contribution in [0.15, 0.2) is 48.5 Å². The maximum atomic E-state index is 14.3. The van der Waals surface area contributed by atoms with Crippen LogP contribution < -0.4 is 4.74 Å². The minimum Gasteiger partial charge on any atom is -0.497 e. The Morgan fingerprint density at radius 2 is 1.89 bits per heavy atom. The van der Waals surface area contributed by atoms with E-state index in [1.807, 2.05) is 24.3 Å². The van der Waals surface area contributed by atoms with E-state index in [1.54, 1.807) is 13.2 Å². The van der Waals surface area contributed by atoms with Crippen LogP contribution in [0.4, 0.5) is 4.39 Å². The van der Waals surface area contributed by atoms with Gasteiger partial charge in [0.25, 0.3) is 0 Å². The summed E-state index contributed by atoms with van der Waals surface area (Å²) in [4.78, 5) is 2.35. The van der Waals surface area contributed by atoms with Crippen molar-refractivity contribution in [3.63, 3.8) is 0 Å². The second-order valence-corrected chi connectivity index (χ2v) is 7.99. The van der Waals surface area contributed by atoms with E-state index in [0.29, 0.717) is 6.54 Å². The first-order valence-electron chi connectivity index (χ1n) is 9.94. The molecule has 4 rings (SSSR count). The quantitative estimate of drug-likeness (QED) is 0.848. The molecule has 2 aromatic carbocycles. The lowest BCUT2D eigenvalue weighted by molar-refractivity contribution is -0.126. The van der Waals surface area contributed by atoms with E-state index in [4.69, 9.17) is 4.74 Å². The molecule has 2 aromatic rings. The standard InChI is InChI=1S/C23H28FNO2/c1-27-19-11-9-17(10-12-19)22-20-7-4-5-13-23(20,26)14-15-25(22)16-18-6-2-3-8-21(18)24/h2-3,6,8-12,20,22,26H,4-5,7,13-16H2,1H3/t20-,22-,23+/m0/s1. The molecule has 1 aliphatic heterocycles. The maximum Gasteiger partial charge on any atom is 0.127 e. The molecule has 27 heavy (non-hydrogen) atoms. The normalized spacial score (nSPS) is 28.6. The van der Waals surface area contributed by atoms with Crippen LogP contribution in [0.25, 0.3) is 0 Å². The molecule has 4 heteroatoms. The van der Waals surface area contributed by atoms with E-state index >= 15 is 0 Å². The van der Waals surface area contributed by atoms with Gasteiger partial charge in [0.1, 0.15) is 11.6 Å². The van der Waals surface area contributed by atoms with E-state index in [1.165, 1.54) is 11.6 Å². The third kappa shape index (κ3) is 3.61. The lowest BCUT2D eigenvalue weighted by Crippen LogP contribution is -2.54. The van der Waals surface area contributed by atoms with Crippen molar-refractivity contribution in [2.24, 2.45) is 5.92 Å². The zero-order chi connectivity index (χ0) is 18.9. The van der Waals surface area contributed by atoms with Gasteiger partial charge in [-0.25, -0.2) is 4.39 Å². The number of halogens is 1. The molecule has 0 spiro atoms. The van der Waals surface area contributed by atoms with Gasteiger partial charge in [-0.05, 0) is 43.0 Å². The predicted molar refractivity (Wildman–Crippen MR) is 104 cm³/mol. The topological polar surface area (TPSA) is 32.7 Å². The van der Waals surface area contributed by atoms with Crippen molar-refractivity contribution in [1.82, 2.24) is 4.90 Å². The summed E-state index contributed by atoms with van der Waals surface area (Å²) in [7, 11) is 1.67. The van der Waals surface area contributed by atoms with Gasteiger partial charge in [-0.2, -0.15) is 0 Å². The second kappa shape index (κ2) is 7.61. The maximum absolute atomic E-state index is 14.3. The van der Waals surface area contributed by atoms with Gasteiger partial charge < -0.3 is 9.84 Å². The zero-order valence-corrected chi connectivity index (χ0v) is 15.9. The number of ether oxygens (including phenoxy) is 1. The molecule has 3 atom stereocenters. The molecule has 1 aliphatic carbocycles. The van der Waals surface area contributed by atoms with Gasteiger partial charge in [0.15, 0.2) is 0 Å². The molecule has 1 saturated carbocycles. The van der Waals surface area contributed by atoms with Crippen molar-refractivity contribution in [1.29, 1.82) is 0 Å². The van der Waals surface area contributed by atoms with Crippen molar-refractivity contribution >= 4 is 0 Å². The highest BCUT2D eigenvalue weighted by Crippen LogP contribution is 2.49. The van der Waals surface area contributed by atoms with E-state index in [9.17, 15) is 9.50 Å². The van der Waals surface area contributed by atoms with Gasteiger partial charge in [-0.3, -0.25) is 4.90 Å². The fourth-order valence-electron chi connectivity index (χ4n) is 5.01. The van der Waals surface area contributed by atoms with Crippen molar-refractivity contribution in [3.8, 4) is 5.75 Å². The number of aliphatic hydroxyl groups is 1. The SMILES string of the molecule is COc1ccc([C@H]2[C@@H]3CCCC[C@@]3(O)CCN2Cc2ccccc2F)cc1. The van der Waals surface area contributed by atoms with E-state index in [0.717, 1.165) is 50.0 Å². The van der Waals surface area contributed by atoms with Crippen molar-refractivity contribution in [2.75, 3.05) is 13.7 Å². The Labute approximate surface area is 160 Å². The summed E-state index contributed by atoms with van der Waals surface area (Å²) >= 11 is 0. The second-order valence-electron chi connectivity index (χ2n) is 7.99. The predicted octanol–water partition coefficient (Wildman–Crippen LogP) is 4.70. The molecule has 3 nitrogen and oxygen atoms in total. The fourth-order valence-corrected chi connectivity index (χ4v) is 5.01. The Morgan fingerprint density at radius 1 is 1.11 bits per heavy atom. The Kier molecular flexibility index (Phi) is 5.20. The lowest BCUT2D eigenvalue weighted by Gasteiger charge is -2.52. The Balaban J connectivity index is 1.69. The molecule has 144 valence electrons. The third-order valence-electron chi connectivity index (χ3n) is 6.46. The first-order chi connectivity index (χ1) is 13.1. The largest absolute Gasteiger partial charge is 0.497 e. The highest BCUT2D eigenvalue weighted by molar-refractivity contribution is 5.31. The molecule has 0 bridgehead atoms. The molecular formula is C23H28FNO2. The van der Waals surface area contributed by atoms with E-state index in [2.05, 4.69) is 17.0 Å². The van der Waals surface area contributed by atoms with Gasteiger partial charge in [-0.15, -0.1) is 0 Å². The zero-order valence-electron chi connectivity index (χ0n) is 15.9. The highest BCUT2D eigenvalue weighted by atomic mass is 19.1. The average molecular weight is 369 g/mol. The third-order valence-corrected chi connectivity index (χ3v) is 6.46. The number of fused-ring (bicyclic) bond motifs is 1. The van der Waals surface area contributed by atoms with E-state index < -0.39 is 5.60 Å². The molecule has 0 unspecified atom stereocenters. The lowest BCUT2D eigenvalue weighted by atomic mass is 9.66. The number of rotatable bonds is 4. The summed E-state index contributed by atoms with van der Waals surface area (Å²) in [5.74, 6) is 0.852. The van der Waals surface area contributed by atoms with Crippen molar-refractivity contribution in [2.45, 2.75) is 50.3 Å². The molecule has 0 aromatic heterocycles. The smallest absolute Gasteiger partial charge is 0.127 e. The van der Waals surface area contributed by atoms with Gasteiger partial charge in [0.05, 0.1) is 12.7 Å². The van der Waals surface area contributed by atoms with Gasteiger partial charge >= 0.3 is 0 Å². The van der Waals surface area contributed by atoms with Gasteiger partial charge in [-0.1, -0.05) is 43.2 Å².